The van der Waals surface area contributed by atoms with E-state index < -0.39 is 0 Å². The third-order valence-electron chi connectivity index (χ3n) is 4.14. The zero-order chi connectivity index (χ0) is 12.6. The number of thiocarbonyl (C=S) groups is 1. The molecule has 1 N–H and O–H groups in total. The van der Waals surface area contributed by atoms with Crippen LogP contribution in [-0.2, 0) is 0 Å². The lowest BCUT2D eigenvalue weighted by atomic mass is 9.95. The average molecular weight is 266 g/mol. The summed E-state index contributed by atoms with van der Waals surface area (Å²) in [5, 5.41) is 3.50. The van der Waals surface area contributed by atoms with Gasteiger partial charge in [0.1, 0.15) is 0 Å². The van der Waals surface area contributed by atoms with E-state index in [1.54, 1.807) is 0 Å². The van der Waals surface area contributed by atoms with Gasteiger partial charge in [0.2, 0.25) is 0 Å². The van der Waals surface area contributed by atoms with E-state index in [9.17, 15) is 0 Å². The second kappa shape index (κ2) is 7.88. The van der Waals surface area contributed by atoms with Crippen LogP contribution in [0.5, 0.6) is 0 Å². The molecule has 3 heteroatoms. The van der Waals surface area contributed by atoms with Crippen LogP contribution >= 0.6 is 12.2 Å². The minimum atomic E-state index is 0.580. The Morgan fingerprint density at radius 2 is 1.61 bits per heavy atom. The first-order valence-corrected chi connectivity index (χ1v) is 8.06. The van der Waals surface area contributed by atoms with Crippen LogP contribution in [0.2, 0.25) is 0 Å². The van der Waals surface area contributed by atoms with Gasteiger partial charge in [-0.15, -0.1) is 0 Å². The number of hydrogen-bond donors (Lipinski definition) is 1. The monoisotopic (exact) mass is 266 g/mol. The van der Waals surface area contributed by atoms with Gasteiger partial charge in [-0.1, -0.05) is 50.7 Å². The van der Waals surface area contributed by atoms with E-state index in [0.29, 0.717) is 12.1 Å². The quantitative estimate of drug-likeness (QED) is 0.613. The lowest BCUT2D eigenvalue weighted by Gasteiger charge is -2.23. The van der Waals surface area contributed by atoms with Gasteiger partial charge in [-0.2, -0.15) is 0 Å². The van der Waals surface area contributed by atoms with Crippen molar-refractivity contribution in [1.29, 1.82) is 0 Å². The molecule has 0 bridgehead atoms. The molecule has 0 saturated heterocycles. The fourth-order valence-electron chi connectivity index (χ4n) is 3.05. The van der Waals surface area contributed by atoms with Gasteiger partial charge in [0, 0.05) is 24.7 Å². The molecular weight excluding hydrogens is 240 g/mol. The SMILES string of the molecule is S=C(CC=NC1CCCCC1)NC1CCCCC1. The molecule has 18 heavy (non-hydrogen) atoms. The summed E-state index contributed by atoms with van der Waals surface area (Å²) < 4.78 is 0. The molecule has 102 valence electrons. The highest BCUT2D eigenvalue weighted by Crippen LogP contribution is 2.20. The molecule has 2 saturated carbocycles. The fraction of sp³-hybridized carbons (Fsp3) is 0.867. The van der Waals surface area contributed by atoms with Crippen molar-refractivity contribution < 1.29 is 0 Å². The summed E-state index contributed by atoms with van der Waals surface area (Å²) in [6, 6.07) is 1.21. The van der Waals surface area contributed by atoms with Crippen molar-refractivity contribution in [3.63, 3.8) is 0 Å². The lowest BCUT2D eigenvalue weighted by Crippen LogP contribution is -2.35. The van der Waals surface area contributed by atoms with Crippen LogP contribution in [0.15, 0.2) is 4.99 Å². The maximum Gasteiger partial charge on any atom is 0.0809 e. The van der Waals surface area contributed by atoms with Crippen molar-refractivity contribution in [3.8, 4) is 0 Å². The molecular formula is C15H26N2S. The molecule has 0 unspecified atom stereocenters. The van der Waals surface area contributed by atoms with Gasteiger partial charge in [-0.25, -0.2) is 0 Å². The number of rotatable bonds is 4. The van der Waals surface area contributed by atoms with E-state index in [2.05, 4.69) is 10.3 Å². The standard InChI is InChI=1S/C15H26N2S/c18-15(17-14-9-5-2-6-10-14)11-12-16-13-7-3-1-4-8-13/h12-14H,1-11H2,(H,17,18). The van der Waals surface area contributed by atoms with Crippen molar-refractivity contribution >= 4 is 23.4 Å². The smallest absolute Gasteiger partial charge is 0.0809 e. The van der Waals surface area contributed by atoms with Gasteiger partial charge in [0.05, 0.1) is 4.99 Å². The zero-order valence-corrected chi connectivity index (χ0v) is 12.2. The summed E-state index contributed by atoms with van der Waals surface area (Å²) in [5.74, 6) is 0. The first-order chi connectivity index (χ1) is 8.84. The normalized spacial score (nSPS) is 23.3. The molecule has 0 aliphatic heterocycles. The number of hydrogen-bond acceptors (Lipinski definition) is 2. The highest BCUT2D eigenvalue weighted by atomic mass is 32.1. The van der Waals surface area contributed by atoms with Gasteiger partial charge in [-0.3, -0.25) is 4.99 Å². The van der Waals surface area contributed by atoms with Crippen LogP contribution in [0.3, 0.4) is 0 Å². The molecule has 2 aliphatic carbocycles. The number of nitrogens with one attached hydrogen (secondary N) is 1. The van der Waals surface area contributed by atoms with Crippen LogP contribution < -0.4 is 5.32 Å². The molecule has 2 rings (SSSR count). The maximum atomic E-state index is 5.40. The van der Waals surface area contributed by atoms with Gasteiger partial charge in [0.25, 0.3) is 0 Å². The molecule has 2 aliphatic rings. The van der Waals surface area contributed by atoms with Crippen LogP contribution in [0.4, 0.5) is 0 Å². The molecule has 2 fully saturated rings. The summed E-state index contributed by atoms with van der Waals surface area (Å²) in [4.78, 5) is 5.65. The molecule has 0 amide bonds. The summed E-state index contributed by atoms with van der Waals surface area (Å²) in [6.45, 7) is 0. The summed E-state index contributed by atoms with van der Waals surface area (Å²) >= 11 is 5.40. The van der Waals surface area contributed by atoms with Crippen molar-refractivity contribution in [2.45, 2.75) is 82.7 Å². The first-order valence-electron chi connectivity index (χ1n) is 7.65. The van der Waals surface area contributed by atoms with E-state index in [1.807, 2.05) is 6.21 Å². The predicted molar refractivity (Wildman–Crippen MR) is 82.6 cm³/mol. The van der Waals surface area contributed by atoms with Crippen LogP contribution in [0.25, 0.3) is 0 Å². The lowest BCUT2D eigenvalue weighted by molar-refractivity contribution is 0.414. The summed E-state index contributed by atoms with van der Waals surface area (Å²) in [6.07, 6.45) is 16.2. The first kappa shape index (κ1) is 14.0. The molecule has 0 atom stereocenters. The number of nitrogens with zero attached hydrogens (tertiary/aromatic N) is 1. The van der Waals surface area contributed by atoms with Crippen molar-refractivity contribution in [2.75, 3.05) is 0 Å². The Labute approximate surface area is 117 Å². The Kier molecular flexibility index (Phi) is 6.12. The fourth-order valence-corrected chi connectivity index (χ4v) is 3.29. The highest BCUT2D eigenvalue weighted by molar-refractivity contribution is 7.80. The van der Waals surface area contributed by atoms with E-state index >= 15 is 0 Å². The highest BCUT2D eigenvalue weighted by Gasteiger charge is 2.14. The van der Waals surface area contributed by atoms with E-state index in [-0.39, 0.29) is 0 Å². The topological polar surface area (TPSA) is 24.4 Å². The van der Waals surface area contributed by atoms with Crippen molar-refractivity contribution in [1.82, 2.24) is 5.32 Å². The van der Waals surface area contributed by atoms with Crippen molar-refractivity contribution in [2.24, 2.45) is 4.99 Å². The Hall–Kier alpha value is -0.440. The largest absolute Gasteiger partial charge is 0.377 e. The van der Waals surface area contributed by atoms with Crippen molar-refractivity contribution in [3.05, 3.63) is 0 Å². The van der Waals surface area contributed by atoms with Crippen LogP contribution in [-0.4, -0.2) is 23.3 Å². The van der Waals surface area contributed by atoms with Crippen LogP contribution in [0.1, 0.15) is 70.6 Å². The summed E-state index contributed by atoms with van der Waals surface area (Å²) in [5.41, 5.74) is 0. The van der Waals surface area contributed by atoms with Gasteiger partial charge in [0.15, 0.2) is 0 Å². The molecule has 0 radical (unpaired) electrons. The van der Waals surface area contributed by atoms with Gasteiger partial charge >= 0.3 is 0 Å². The molecule has 0 aromatic rings. The minimum Gasteiger partial charge on any atom is -0.377 e. The molecule has 2 nitrogen and oxygen atoms in total. The molecule has 0 aromatic carbocycles. The zero-order valence-electron chi connectivity index (χ0n) is 11.4. The number of aliphatic imine (C=N–C) groups is 1. The third-order valence-corrected chi connectivity index (χ3v) is 4.42. The van der Waals surface area contributed by atoms with Crippen LogP contribution in [0, 0.1) is 0 Å². The third kappa shape index (κ3) is 5.05. The Bertz CT molecular complexity index is 276. The second-order valence-corrected chi connectivity index (χ2v) is 6.22. The van der Waals surface area contributed by atoms with Gasteiger partial charge in [-0.05, 0) is 25.7 Å². The Morgan fingerprint density at radius 1 is 1.00 bits per heavy atom. The van der Waals surface area contributed by atoms with E-state index in [0.717, 1.165) is 11.4 Å². The molecule has 0 aromatic heterocycles. The Balaban J connectivity index is 1.62. The predicted octanol–water partition coefficient (Wildman–Crippen LogP) is 4.03. The van der Waals surface area contributed by atoms with E-state index in [1.165, 1.54) is 64.2 Å². The average Bonchev–Trinajstić information content (AvgIpc) is 2.41. The van der Waals surface area contributed by atoms with Gasteiger partial charge < -0.3 is 5.32 Å². The molecule has 0 spiro atoms. The maximum absolute atomic E-state index is 5.40. The van der Waals surface area contributed by atoms with E-state index in [4.69, 9.17) is 12.2 Å². The molecule has 0 heterocycles. The summed E-state index contributed by atoms with van der Waals surface area (Å²) in [7, 11) is 0. The minimum absolute atomic E-state index is 0.580. The Morgan fingerprint density at radius 3 is 2.28 bits per heavy atom. The second-order valence-electron chi connectivity index (χ2n) is 5.73.